The molecule has 1 atom stereocenters. The van der Waals surface area contributed by atoms with Gasteiger partial charge in [-0.25, -0.2) is 0 Å². The van der Waals surface area contributed by atoms with E-state index < -0.39 is 0 Å². The predicted molar refractivity (Wildman–Crippen MR) is 80.5 cm³/mol. The van der Waals surface area contributed by atoms with Gasteiger partial charge in [-0.2, -0.15) is 0 Å². The molecule has 1 aromatic carbocycles. The van der Waals surface area contributed by atoms with E-state index >= 15 is 0 Å². The van der Waals surface area contributed by atoms with Gasteiger partial charge in [0.25, 0.3) is 5.56 Å². The van der Waals surface area contributed by atoms with Crippen molar-refractivity contribution in [3.05, 3.63) is 46.8 Å². The van der Waals surface area contributed by atoms with Crippen molar-refractivity contribution in [1.82, 2.24) is 9.88 Å². The minimum Gasteiger partial charge on any atom is -0.316 e. The van der Waals surface area contributed by atoms with E-state index in [1.165, 1.54) is 0 Å². The first-order valence-corrected chi connectivity index (χ1v) is 7.01. The van der Waals surface area contributed by atoms with E-state index in [1.54, 1.807) is 6.07 Å². The van der Waals surface area contributed by atoms with Gasteiger partial charge in [0.15, 0.2) is 0 Å². The summed E-state index contributed by atoms with van der Waals surface area (Å²) >= 11 is 0. The molecule has 0 saturated carbocycles. The molecule has 1 aromatic heterocycles. The maximum atomic E-state index is 12.0. The van der Waals surface area contributed by atoms with Crippen LogP contribution in [-0.2, 0) is 6.54 Å². The van der Waals surface area contributed by atoms with Crippen LogP contribution in [0.5, 0.6) is 0 Å². The number of benzene rings is 1. The van der Waals surface area contributed by atoms with E-state index in [0.29, 0.717) is 5.92 Å². The molecule has 19 heavy (non-hydrogen) atoms. The van der Waals surface area contributed by atoms with Crippen LogP contribution in [0.3, 0.4) is 0 Å². The normalized spacial score (nSPS) is 12.7. The maximum absolute atomic E-state index is 12.0. The van der Waals surface area contributed by atoms with Crippen LogP contribution in [-0.4, -0.2) is 17.7 Å². The second-order valence-electron chi connectivity index (χ2n) is 5.15. The first-order valence-electron chi connectivity index (χ1n) is 7.01. The molecular weight excluding hydrogens is 236 g/mol. The second kappa shape index (κ2) is 6.53. The van der Waals surface area contributed by atoms with Crippen molar-refractivity contribution in [2.45, 2.75) is 26.8 Å². The van der Waals surface area contributed by atoms with E-state index in [-0.39, 0.29) is 5.56 Å². The molecular formula is C16H22N2O. The molecule has 0 saturated heterocycles. The monoisotopic (exact) mass is 258 g/mol. The third kappa shape index (κ3) is 3.44. The Morgan fingerprint density at radius 1 is 1.21 bits per heavy atom. The Hall–Kier alpha value is -1.61. The standard InChI is InChI=1S/C16H22N2O/c1-3-10-17-11-13(2)12-18-15-7-5-4-6-14(15)8-9-16(18)19/h4-9,13,17H,3,10-12H2,1-2H3. The zero-order chi connectivity index (χ0) is 13.7. The van der Waals surface area contributed by atoms with Gasteiger partial charge >= 0.3 is 0 Å². The number of aromatic nitrogens is 1. The smallest absolute Gasteiger partial charge is 0.251 e. The largest absolute Gasteiger partial charge is 0.316 e. The van der Waals surface area contributed by atoms with Crippen molar-refractivity contribution in [2.75, 3.05) is 13.1 Å². The highest BCUT2D eigenvalue weighted by Gasteiger charge is 2.07. The summed E-state index contributed by atoms with van der Waals surface area (Å²) in [6.45, 7) is 7.08. The fraction of sp³-hybridized carbons (Fsp3) is 0.438. The summed E-state index contributed by atoms with van der Waals surface area (Å²) in [5.74, 6) is 0.440. The van der Waals surface area contributed by atoms with Crippen molar-refractivity contribution in [1.29, 1.82) is 0 Å². The number of hydrogen-bond donors (Lipinski definition) is 1. The van der Waals surface area contributed by atoms with Gasteiger partial charge in [0.2, 0.25) is 0 Å². The van der Waals surface area contributed by atoms with Gasteiger partial charge in [0, 0.05) is 12.6 Å². The van der Waals surface area contributed by atoms with Crippen LogP contribution in [0, 0.1) is 5.92 Å². The lowest BCUT2D eigenvalue weighted by Crippen LogP contribution is -2.29. The third-order valence-electron chi connectivity index (χ3n) is 3.31. The molecule has 102 valence electrons. The van der Waals surface area contributed by atoms with Crippen molar-refractivity contribution in [3.8, 4) is 0 Å². The molecule has 1 N–H and O–H groups in total. The molecule has 1 heterocycles. The second-order valence-corrected chi connectivity index (χ2v) is 5.15. The number of nitrogens with one attached hydrogen (secondary N) is 1. The van der Waals surface area contributed by atoms with Gasteiger partial charge < -0.3 is 9.88 Å². The molecule has 0 amide bonds. The number of rotatable bonds is 6. The first kappa shape index (κ1) is 13.8. The van der Waals surface area contributed by atoms with Crippen LogP contribution >= 0.6 is 0 Å². The van der Waals surface area contributed by atoms with Crippen molar-refractivity contribution in [3.63, 3.8) is 0 Å². The molecule has 3 nitrogen and oxygen atoms in total. The fourth-order valence-corrected chi connectivity index (χ4v) is 2.33. The molecule has 3 heteroatoms. The van der Waals surface area contributed by atoms with Gasteiger partial charge in [-0.05, 0) is 42.9 Å². The zero-order valence-electron chi connectivity index (χ0n) is 11.7. The highest BCUT2D eigenvalue weighted by Crippen LogP contribution is 2.12. The highest BCUT2D eigenvalue weighted by atomic mass is 16.1. The number of nitrogens with zero attached hydrogens (tertiary/aromatic N) is 1. The van der Waals surface area contributed by atoms with E-state index in [4.69, 9.17) is 0 Å². The first-order chi connectivity index (χ1) is 9.22. The molecule has 2 rings (SSSR count). The van der Waals surface area contributed by atoms with Crippen LogP contribution in [0.1, 0.15) is 20.3 Å². The Labute approximate surface area is 114 Å². The van der Waals surface area contributed by atoms with Crippen molar-refractivity contribution in [2.24, 2.45) is 5.92 Å². The Kier molecular flexibility index (Phi) is 4.74. The minimum absolute atomic E-state index is 0.0843. The molecule has 0 bridgehead atoms. The van der Waals surface area contributed by atoms with E-state index in [1.807, 2.05) is 34.9 Å². The lowest BCUT2D eigenvalue weighted by molar-refractivity contribution is 0.446. The lowest BCUT2D eigenvalue weighted by atomic mass is 10.1. The number of fused-ring (bicyclic) bond motifs is 1. The van der Waals surface area contributed by atoms with Crippen LogP contribution in [0.4, 0.5) is 0 Å². The molecule has 1 unspecified atom stereocenters. The van der Waals surface area contributed by atoms with E-state index in [2.05, 4.69) is 19.2 Å². The topological polar surface area (TPSA) is 34.0 Å². The Bertz CT molecular complexity index is 589. The Balaban J connectivity index is 2.19. The quantitative estimate of drug-likeness (QED) is 0.808. The lowest BCUT2D eigenvalue weighted by Gasteiger charge is -2.16. The van der Waals surface area contributed by atoms with Crippen molar-refractivity contribution >= 4 is 10.9 Å². The summed E-state index contributed by atoms with van der Waals surface area (Å²) in [6.07, 6.45) is 1.14. The van der Waals surface area contributed by atoms with Gasteiger partial charge in [-0.15, -0.1) is 0 Å². The minimum atomic E-state index is 0.0843. The number of para-hydroxylation sites is 1. The molecule has 0 aliphatic heterocycles. The fourth-order valence-electron chi connectivity index (χ4n) is 2.33. The summed E-state index contributed by atoms with van der Waals surface area (Å²) in [7, 11) is 0. The maximum Gasteiger partial charge on any atom is 0.251 e. The molecule has 0 fully saturated rings. The van der Waals surface area contributed by atoms with Crippen molar-refractivity contribution < 1.29 is 0 Å². The summed E-state index contributed by atoms with van der Waals surface area (Å²) in [5.41, 5.74) is 1.11. The SMILES string of the molecule is CCCNCC(C)Cn1c(=O)ccc2ccccc21. The zero-order valence-corrected chi connectivity index (χ0v) is 11.7. The molecule has 0 aliphatic rings. The average Bonchev–Trinajstić information content (AvgIpc) is 2.42. The van der Waals surface area contributed by atoms with Crippen LogP contribution in [0.2, 0.25) is 0 Å². The molecule has 0 aliphatic carbocycles. The van der Waals surface area contributed by atoms with Crippen LogP contribution in [0.25, 0.3) is 10.9 Å². The summed E-state index contributed by atoms with van der Waals surface area (Å²) in [6, 6.07) is 11.6. The molecule has 0 radical (unpaired) electrons. The summed E-state index contributed by atoms with van der Waals surface area (Å²) in [4.78, 5) is 12.0. The molecule has 0 spiro atoms. The van der Waals surface area contributed by atoms with Gasteiger partial charge in [-0.1, -0.05) is 32.0 Å². The third-order valence-corrected chi connectivity index (χ3v) is 3.31. The number of hydrogen-bond acceptors (Lipinski definition) is 2. The van der Waals surface area contributed by atoms with Gasteiger partial charge in [0.1, 0.15) is 0 Å². The Morgan fingerprint density at radius 3 is 2.79 bits per heavy atom. The summed E-state index contributed by atoms with van der Waals surface area (Å²) in [5, 5.41) is 4.53. The highest BCUT2D eigenvalue weighted by molar-refractivity contribution is 5.78. The van der Waals surface area contributed by atoms with Gasteiger partial charge in [0.05, 0.1) is 5.52 Å². The van der Waals surface area contributed by atoms with Crippen LogP contribution in [0.15, 0.2) is 41.2 Å². The average molecular weight is 258 g/mol. The van der Waals surface area contributed by atoms with E-state index in [9.17, 15) is 4.79 Å². The van der Waals surface area contributed by atoms with Gasteiger partial charge in [-0.3, -0.25) is 4.79 Å². The molecule has 2 aromatic rings. The Morgan fingerprint density at radius 2 is 2.00 bits per heavy atom. The number of pyridine rings is 1. The summed E-state index contributed by atoms with van der Waals surface area (Å²) < 4.78 is 1.88. The van der Waals surface area contributed by atoms with E-state index in [0.717, 1.165) is 37.0 Å². The van der Waals surface area contributed by atoms with Crippen LogP contribution < -0.4 is 10.9 Å². The predicted octanol–water partition coefficient (Wildman–Crippen LogP) is 2.64.